The molecule has 2 N–H and O–H groups in total. The molecule has 0 radical (unpaired) electrons. The van der Waals surface area contributed by atoms with Crippen LogP contribution in [0.1, 0.15) is 31.5 Å². The molecular formula is C10H19ClN4O. The van der Waals surface area contributed by atoms with Crippen molar-refractivity contribution in [1.29, 1.82) is 0 Å². The molecule has 1 aromatic rings. The maximum absolute atomic E-state index is 5.41. The zero-order valence-electron chi connectivity index (χ0n) is 9.56. The predicted molar refractivity (Wildman–Crippen MR) is 63.1 cm³/mol. The Morgan fingerprint density at radius 3 is 3.00 bits per heavy atom. The number of likely N-dealkylation sites (tertiary alicyclic amines) is 1. The van der Waals surface area contributed by atoms with E-state index in [0.717, 1.165) is 31.4 Å². The van der Waals surface area contributed by atoms with Gasteiger partial charge in [0.25, 0.3) is 0 Å². The SMILES string of the molecule is CC1CCCN(Cc2noc(CN)n2)C1.Cl. The molecule has 1 aliphatic heterocycles. The maximum atomic E-state index is 5.41. The van der Waals surface area contributed by atoms with Gasteiger partial charge < -0.3 is 10.3 Å². The maximum Gasteiger partial charge on any atom is 0.240 e. The van der Waals surface area contributed by atoms with Gasteiger partial charge in [-0.2, -0.15) is 4.98 Å². The third-order valence-electron chi connectivity index (χ3n) is 2.79. The van der Waals surface area contributed by atoms with Crippen LogP contribution in [0.15, 0.2) is 4.52 Å². The highest BCUT2D eigenvalue weighted by Crippen LogP contribution is 2.16. The van der Waals surface area contributed by atoms with Crippen LogP contribution in [0.25, 0.3) is 0 Å². The fourth-order valence-electron chi connectivity index (χ4n) is 2.07. The summed E-state index contributed by atoms with van der Waals surface area (Å²) in [6.45, 7) is 5.66. The fraction of sp³-hybridized carbons (Fsp3) is 0.800. The second-order valence-electron chi connectivity index (χ2n) is 4.29. The number of aromatic nitrogens is 2. The Balaban J connectivity index is 0.00000128. The predicted octanol–water partition coefficient (Wildman–Crippen LogP) is 1.18. The molecule has 2 heterocycles. The van der Waals surface area contributed by atoms with Crippen molar-refractivity contribution in [2.45, 2.75) is 32.9 Å². The molecule has 16 heavy (non-hydrogen) atoms. The standard InChI is InChI=1S/C10H18N4O.ClH/c1-8-3-2-4-14(6-8)7-9-12-10(5-11)15-13-9;/h8H,2-7,11H2,1H3;1H. The summed E-state index contributed by atoms with van der Waals surface area (Å²) in [4.78, 5) is 6.58. The number of hydrogen-bond donors (Lipinski definition) is 1. The highest BCUT2D eigenvalue weighted by molar-refractivity contribution is 5.85. The number of halogens is 1. The first-order valence-corrected chi connectivity index (χ1v) is 5.52. The number of piperidine rings is 1. The Kier molecular flexibility index (Phi) is 5.18. The molecule has 1 aromatic heterocycles. The summed E-state index contributed by atoms with van der Waals surface area (Å²) in [6, 6.07) is 0. The lowest BCUT2D eigenvalue weighted by atomic mass is 10.0. The average Bonchev–Trinajstić information content (AvgIpc) is 2.65. The minimum atomic E-state index is 0. The summed E-state index contributed by atoms with van der Waals surface area (Å²) in [5, 5.41) is 3.90. The Labute approximate surface area is 102 Å². The first kappa shape index (κ1) is 13.4. The van der Waals surface area contributed by atoms with Crippen molar-refractivity contribution in [2.24, 2.45) is 11.7 Å². The van der Waals surface area contributed by atoms with Gasteiger partial charge in [0.1, 0.15) is 0 Å². The van der Waals surface area contributed by atoms with Gasteiger partial charge in [0, 0.05) is 6.54 Å². The largest absolute Gasteiger partial charge is 0.338 e. The van der Waals surface area contributed by atoms with Crippen LogP contribution in [0.2, 0.25) is 0 Å². The molecule has 1 atom stereocenters. The lowest BCUT2D eigenvalue weighted by Gasteiger charge is -2.29. The summed E-state index contributed by atoms with van der Waals surface area (Å²) in [6.07, 6.45) is 2.60. The third-order valence-corrected chi connectivity index (χ3v) is 2.79. The zero-order valence-corrected chi connectivity index (χ0v) is 10.4. The first-order valence-electron chi connectivity index (χ1n) is 5.52. The molecular weight excluding hydrogens is 228 g/mol. The van der Waals surface area contributed by atoms with Gasteiger partial charge >= 0.3 is 0 Å². The molecule has 0 bridgehead atoms. The van der Waals surface area contributed by atoms with Crippen LogP contribution in [0, 0.1) is 5.92 Å². The highest BCUT2D eigenvalue weighted by Gasteiger charge is 2.18. The Bertz CT molecular complexity index is 318. The van der Waals surface area contributed by atoms with Crippen molar-refractivity contribution < 1.29 is 4.52 Å². The molecule has 5 nitrogen and oxygen atoms in total. The normalized spacial score (nSPS) is 21.8. The molecule has 1 fully saturated rings. The zero-order chi connectivity index (χ0) is 10.7. The summed E-state index contributed by atoms with van der Waals surface area (Å²) in [5.41, 5.74) is 5.41. The highest BCUT2D eigenvalue weighted by atomic mass is 35.5. The van der Waals surface area contributed by atoms with Gasteiger partial charge in [-0.15, -0.1) is 12.4 Å². The number of rotatable bonds is 3. The van der Waals surface area contributed by atoms with E-state index in [9.17, 15) is 0 Å². The molecule has 6 heteroatoms. The van der Waals surface area contributed by atoms with Crippen LogP contribution in [0.4, 0.5) is 0 Å². The van der Waals surface area contributed by atoms with E-state index in [2.05, 4.69) is 22.0 Å². The summed E-state index contributed by atoms with van der Waals surface area (Å²) in [7, 11) is 0. The molecule has 1 aliphatic rings. The molecule has 92 valence electrons. The van der Waals surface area contributed by atoms with E-state index in [1.54, 1.807) is 0 Å². The van der Waals surface area contributed by atoms with Gasteiger partial charge in [0.15, 0.2) is 5.82 Å². The van der Waals surface area contributed by atoms with Crippen molar-refractivity contribution in [2.75, 3.05) is 13.1 Å². The van der Waals surface area contributed by atoms with Gasteiger partial charge in [0.05, 0.1) is 13.1 Å². The van der Waals surface area contributed by atoms with Crippen LogP contribution in [-0.2, 0) is 13.1 Å². The summed E-state index contributed by atoms with van der Waals surface area (Å²) < 4.78 is 4.97. The minimum Gasteiger partial charge on any atom is -0.338 e. The van der Waals surface area contributed by atoms with Crippen LogP contribution in [-0.4, -0.2) is 28.1 Å². The molecule has 1 saturated heterocycles. The van der Waals surface area contributed by atoms with Gasteiger partial charge in [-0.1, -0.05) is 12.1 Å². The van der Waals surface area contributed by atoms with E-state index in [1.807, 2.05) is 0 Å². The Morgan fingerprint density at radius 2 is 2.38 bits per heavy atom. The van der Waals surface area contributed by atoms with Crippen LogP contribution < -0.4 is 5.73 Å². The lowest BCUT2D eigenvalue weighted by molar-refractivity contribution is 0.171. The second-order valence-corrected chi connectivity index (χ2v) is 4.29. The molecule has 2 rings (SSSR count). The molecule has 0 saturated carbocycles. The fourth-order valence-corrected chi connectivity index (χ4v) is 2.07. The van der Waals surface area contributed by atoms with E-state index in [-0.39, 0.29) is 12.4 Å². The third kappa shape index (κ3) is 3.43. The van der Waals surface area contributed by atoms with E-state index in [0.29, 0.717) is 12.4 Å². The topological polar surface area (TPSA) is 68.2 Å². The molecule has 1 unspecified atom stereocenters. The van der Waals surface area contributed by atoms with Gasteiger partial charge in [0.2, 0.25) is 5.89 Å². The van der Waals surface area contributed by atoms with Gasteiger partial charge in [-0.25, -0.2) is 0 Å². The van der Waals surface area contributed by atoms with Crippen LogP contribution in [0.3, 0.4) is 0 Å². The van der Waals surface area contributed by atoms with Gasteiger partial charge in [-0.3, -0.25) is 4.90 Å². The number of hydrogen-bond acceptors (Lipinski definition) is 5. The summed E-state index contributed by atoms with van der Waals surface area (Å²) >= 11 is 0. The van der Waals surface area contributed by atoms with E-state index < -0.39 is 0 Å². The van der Waals surface area contributed by atoms with E-state index >= 15 is 0 Å². The molecule has 0 aromatic carbocycles. The quantitative estimate of drug-likeness (QED) is 0.868. The Morgan fingerprint density at radius 1 is 1.56 bits per heavy atom. The first-order chi connectivity index (χ1) is 7.28. The second kappa shape index (κ2) is 6.18. The van der Waals surface area contributed by atoms with Gasteiger partial charge in [-0.05, 0) is 25.3 Å². The monoisotopic (exact) mass is 246 g/mol. The van der Waals surface area contributed by atoms with Crippen molar-refractivity contribution in [3.05, 3.63) is 11.7 Å². The minimum absolute atomic E-state index is 0. The molecule has 0 spiro atoms. The van der Waals surface area contributed by atoms with E-state index in [1.165, 1.54) is 12.8 Å². The van der Waals surface area contributed by atoms with E-state index in [4.69, 9.17) is 10.3 Å². The molecule has 0 aliphatic carbocycles. The lowest BCUT2D eigenvalue weighted by Crippen LogP contribution is -2.34. The smallest absolute Gasteiger partial charge is 0.240 e. The van der Waals surface area contributed by atoms with Crippen molar-refractivity contribution in [1.82, 2.24) is 15.0 Å². The average molecular weight is 247 g/mol. The Hall–Kier alpha value is -0.650. The van der Waals surface area contributed by atoms with Crippen LogP contribution in [0.5, 0.6) is 0 Å². The summed E-state index contributed by atoms with van der Waals surface area (Å²) in [5.74, 6) is 2.05. The van der Waals surface area contributed by atoms with Crippen molar-refractivity contribution in [3.8, 4) is 0 Å². The van der Waals surface area contributed by atoms with Crippen molar-refractivity contribution >= 4 is 12.4 Å². The number of nitrogens with two attached hydrogens (primary N) is 1. The molecule has 0 amide bonds. The van der Waals surface area contributed by atoms with Crippen LogP contribution >= 0.6 is 12.4 Å². The number of nitrogens with zero attached hydrogens (tertiary/aromatic N) is 3. The van der Waals surface area contributed by atoms with Crippen molar-refractivity contribution in [3.63, 3.8) is 0 Å².